The molecule has 120 valence electrons. The average molecular weight is 358 g/mol. The molecule has 0 aromatic heterocycles. The third-order valence-electron chi connectivity index (χ3n) is 3.51. The molecule has 0 amide bonds. The van der Waals surface area contributed by atoms with E-state index in [0.29, 0.717) is 36.8 Å². The van der Waals surface area contributed by atoms with Gasteiger partial charge in [0.25, 0.3) is 0 Å². The van der Waals surface area contributed by atoms with Crippen molar-refractivity contribution in [2.75, 3.05) is 0 Å². The summed E-state index contributed by atoms with van der Waals surface area (Å²) in [6, 6.07) is 1.55. The molecule has 0 heterocycles. The van der Waals surface area contributed by atoms with Crippen LogP contribution in [-0.4, -0.2) is 24.2 Å². The van der Waals surface area contributed by atoms with Crippen LogP contribution in [0, 0.1) is 0 Å². The molecule has 0 saturated heterocycles. The van der Waals surface area contributed by atoms with Crippen LogP contribution in [0.2, 0.25) is 0 Å². The zero-order valence-corrected chi connectivity index (χ0v) is 13.8. The summed E-state index contributed by atoms with van der Waals surface area (Å²) in [5.74, 6) is 0. The van der Waals surface area contributed by atoms with Crippen LogP contribution in [0.25, 0.3) is 0 Å². The second kappa shape index (κ2) is 12.6. The van der Waals surface area contributed by atoms with Crippen molar-refractivity contribution >= 4 is 20.4 Å². The van der Waals surface area contributed by atoms with E-state index in [-0.39, 0.29) is 0 Å². The van der Waals surface area contributed by atoms with E-state index in [2.05, 4.69) is 0 Å². The molecule has 8 N–H and O–H groups in total. The van der Waals surface area contributed by atoms with Gasteiger partial charge in [-0.2, -0.15) is 0 Å². The van der Waals surface area contributed by atoms with Gasteiger partial charge in [-0.1, -0.05) is 12.8 Å². The Kier molecular flexibility index (Phi) is 13.2. The van der Waals surface area contributed by atoms with Gasteiger partial charge in [-0.25, -0.2) is 0 Å². The van der Waals surface area contributed by atoms with Gasteiger partial charge in [-0.05, 0) is 38.5 Å². The Morgan fingerprint density at radius 1 is 0.632 bits per heavy atom. The summed E-state index contributed by atoms with van der Waals surface area (Å²) in [5, 5.41) is 0. The molecule has 0 spiro atoms. The van der Waals surface area contributed by atoms with Gasteiger partial charge in [0.15, 0.2) is 0 Å². The number of rotatable bonds is 0. The van der Waals surface area contributed by atoms with Crippen LogP contribution in [0.3, 0.4) is 0 Å². The average Bonchev–Trinajstić information content (AvgIpc) is 2.30. The molecule has 0 bridgehead atoms. The molecule has 0 radical (unpaired) electrons. The summed E-state index contributed by atoms with van der Waals surface area (Å²) >= 11 is 0.569. The molecule has 2 aliphatic rings. The van der Waals surface area contributed by atoms with Crippen molar-refractivity contribution in [1.29, 1.82) is 0 Å². The molecule has 0 aromatic rings. The molecule has 2 saturated carbocycles. The zero-order chi connectivity index (χ0) is 14.7. The van der Waals surface area contributed by atoms with Gasteiger partial charge in [0, 0.05) is 24.2 Å². The van der Waals surface area contributed by atoms with E-state index < -0.39 is 0 Å². The molecule has 2 aliphatic carbocycles. The van der Waals surface area contributed by atoms with Crippen molar-refractivity contribution in [3.05, 3.63) is 0 Å². The van der Waals surface area contributed by atoms with E-state index in [1.54, 1.807) is 0 Å². The van der Waals surface area contributed by atoms with E-state index in [9.17, 15) is 0 Å². The van der Waals surface area contributed by atoms with Crippen LogP contribution >= 0.6 is 20.4 Å². The SMILES string of the molecule is N[C@@H]1CCC[C@H](N)C1.N[C@@H]1CCC[C@H](N)C1.[Cl][Ni][Cl]. The molecule has 0 aliphatic heterocycles. The van der Waals surface area contributed by atoms with Crippen LogP contribution in [0.1, 0.15) is 51.4 Å². The number of halogens is 2. The fourth-order valence-electron chi connectivity index (χ4n) is 2.53. The van der Waals surface area contributed by atoms with E-state index in [0.717, 1.165) is 12.8 Å². The Bertz CT molecular complexity index is 176. The first-order valence-corrected chi connectivity index (χ1v) is 9.56. The maximum atomic E-state index is 5.65. The first-order chi connectivity index (χ1) is 8.99. The molecule has 2 fully saturated rings. The van der Waals surface area contributed by atoms with Gasteiger partial charge in [0.2, 0.25) is 0 Å². The van der Waals surface area contributed by atoms with E-state index in [1.165, 1.54) is 38.5 Å². The zero-order valence-electron chi connectivity index (χ0n) is 11.3. The van der Waals surface area contributed by atoms with Crippen molar-refractivity contribution in [2.45, 2.75) is 75.5 Å². The first kappa shape index (κ1) is 19.9. The molecule has 19 heavy (non-hydrogen) atoms. The summed E-state index contributed by atoms with van der Waals surface area (Å²) in [6.45, 7) is 0. The summed E-state index contributed by atoms with van der Waals surface area (Å²) in [7, 11) is 9.40. The maximum absolute atomic E-state index is 5.65. The fourth-order valence-corrected chi connectivity index (χ4v) is 2.53. The molecule has 4 atom stereocenters. The monoisotopic (exact) mass is 356 g/mol. The molecule has 0 aromatic carbocycles. The standard InChI is InChI=1S/2C6H14N2.2ClH.Ni/c2*7-5-2-1-3-6(8)4-5;;;/h2*5-6H,1-4,7-8H2;2*1H;/q;;;;+2/p-2/t2*5-,6+;;;. The number of hydrogen-bond donors (Lipinski definition) is 4. The van der Waals surface area contributed by atoms with Gasteiger partial charge >= 0.3 is 33.0 Å². The van der Waals surface area contributed by atoms with Gasteiger partial charge in [-0.15, -0.1) is 0 Å². The third kappa shape index (κ3) is 12.4. The molecular weight excluding hydrogens is 330 g/mol. The molecule has 4 nitrogen and oxygen atoms in total. The Morgan fingerprint density at radius 3 is 0.947 bits per heavy atom. The van der Waals surface area contributed by atoms with Gasteiger partial charge in [-0.3, -0.25) is 0 Å². The Morgan fingerprint density at radius 2 is 0.842 bits per heavy atom. The second-order valence-electron chi connectivity index (χ2n) is 5.42. The summed E-state index contributed by atoms with van der Waals surface area (Å²) in [6.07, 6.45) is 9.20. The van der Waals surface area contributed by atoms with Crippen molar-refractivity contribution in [3.8, 4) is 0 Å². The summed E-state index contributed by atoms with van der Waals surface area (Å²) in [4.78, 5) is 0. The fraction of sp³-hybridized carbons (Fsp3) is 1.00. The predicted octanol–water partition coefficient (Wildman–Crippen LogP) is 1.81. The van der Waals surface area contributed by atoms with E-state index in [1.807, 2.05) is 0 Å². The van der Waals surface area contributed by atoms with E-state index in [4.69, 9.17) is 43.3 Å². The Hall–Kier alpha value is 0.914. The van der Waals surface area contributed by atoms with Gasteiger partial charge < -0.3 is 22.9 Å². The van der Waals surface area contributed by atoms with Crippen molar-refractivity contribution in [3.63, 3.8) is 0 Å². The van der Waals surface area contributed by atoms with Crippen LogP contribution < -0.4 is 22.9 Å². The normalized spacial score (nSPS) is 34.6. The second-order valence-corrected chi connectivity index (χ2v) is 7.05. The van der Waals surface area contributed by atoms with Crippen LogP contribution in [0.5, 0.6) is 0 Å². The van der Waals surface area contributed by atoms with E-state index >= 15 is 0 Å². The first-order valence-electron chi connectivity index (χ1n) is 6.84. The molecular formula is C12H28Cl2N4Ni. The minimum atomic E-state index is 0.388. The molecule has 7 heteroatoms. The van der Waals surface area contributed by atoms with Crippen LogP contribution in [0.4, 0.5) is 0 Å². The van der Waals surface area contributed by atoms with Gasteiger partial charge in [0.1, 0.15) is 0 Å². The quantitative estimate of drug-likeness (QED) is 0.496. The Labute approximate surface area is 131 Å². The minimum absolute atomic E-state index is 0.388. The summed E-state index contributed by atoms with van der Waals surface area (Å²) < 4.78 is 0. The number of nitrogens with two attached hydrogens (primary N) is 4. The van der Waals surface area contributed by atoms with Crippen molar-refractivity contribution < 1.29 is 12.7 Å². The topological polar surface area (TPSA) is 104 Å². The third-order valence-corrected chi connectivity index (χ3v) is 3.51. The van der Waals surface area contributed by atoms with Crippen LogP contribution in [-0.2, 0) is 12.7 Å². The van der Waals surface area contributed by atoms with Crippen molar-refractivity contribution in [2.24, 2.45) is 22.9 Å². The van der Waals surface area contributed by atoms with Gasteiger partial charge in [0.05, 0.1) is 0 Å². The van der Waals surface area contributed by atoms with Crippen molar-refractivity contribution in [1.82, 2.24) is 0 Å². The number of hydrogen-bond acceptors (Lipinski definition) is 4. The Balaban J connectivity index is 0.000000284. The molecule has 2 rings (SSSR count). The van der Waals surface area contributed by atoms with Crippen LogP contribution in [0.15, 0.2) is 0 Å². The summed E-state index contributed by atoms with van der Waals surface area (Å²) in [5.41, 5.74) is 22.6. The molecule has 0 unspecified atom stereocenters. The predicted molar refractivity (Wildman–Crippen MR) is 80.5 cm³/mol.